The van der Waals surface area contributed by atoms with E-state index in [1.54, 1.807) is 19.1 Å². The summed E-state index contributed by atoms with van der Waals surface area (Å²) in [5, 5.41) is 0. The number of aryl methyl sites for hydroxylation is 1. The molecule has 2 N–H and O–H groups in total. The second kappa shape index (κ2) is 6.27. The van der Waals surface area contributed by atoms with Gasteiger partial charge in [0.05, 0.1) is 0 Å². The van der Waals surface area contributed by atoms with Gasteiger partial charge >= 0.3 is 0 Å². The van der Waals surface area contributed by atoms with Gasteiger partial charge in [0.2, 0.25) is 0 Å². The van der Waals surface area contributed by atoms with Crippen molar-refractivity contribution >= 4 is 0 Å². The lowest BCUT2D eigenvalue weighted by Gasteiger charge is -2.18. The van der Waals surface area contributed by atoms with Gasteiger partial charge in [-0.2, -0.15) is 0 Å². The lowest BCUT2D eigenvalue weighted by atomic mass is 10.0. The van der Waals surface area contributed by atoms with Gasteiger partial charge in [0.15, 0.2) is 0 Å². The van der Waals surface area contributed by atoms with E-state index in [-0.39, 0.29) is 5.82 Å². The smallest absolute Gasteiger partial charge is 0.135 e. The molecule has 0 radical (unpaired) electrons. The molecular weight excluding hydrogens is 265 g/mol. The Kier molecular flexibility index (Phi) is 4.63. The highest BCUT2D eigenvalue weighted by atomic mass is 19.1. The third kappa shape index (κ3) is 3.42. The summed E-state index contributed by atoms with van der Waals surface area (Å²) in [5.41, 5.74) is 8.49. The van der Waals surface area contributed by atoms with E-state index in [1.807, 2.05) is 13.0 Å². The van der Waals surface area contributed by atoms with E-state index < -0.39 is 6.04 Å². The largest absolute Gasteiger partial charge is 0.457 e. The maximum absolute atomic E-state index is 14.0. The van der Waals surface area contributed by atoms with Gasteiger partial charge in [-0.15, -0.1) is 0 Å². The molecule has 0 fully saturated rings. The number of hydrogen-bond acceptors (Lipinski definition) is 2. The number of halogens is 1. The lowest BCUT2D eigenvalue weighted by molar-refractivity contribution is 0.453. The minimum Gasteiger partial charge on any atom is -0.457 e. The lowest BCUT2D eigenvalue weighted by Crippen LogP contribution is -2.09. The van der Waals surface area contributed by atoms with E-state index in [0.717, 1.165) is 16.9 Å². The van der Waals surface area contributed by atoms with E-state index in [9.17, 15) is 4.39 Å². The average Bonchev–Trinajstić information content (AvgIpc) is 2.37. The van der Waals surface area contributed by atoms with Crippen molar-refractivity contribution in [2.24, 2.45) is 5.73 Å². The van der Waals surface area contributed by atoms with Crippen LogP contribution in [0.5, 0.6) is 11.5 Å². The summed E-state index contributed by atoms with van der Waals surface area (Å²) < 4.78 is 20.0. The van der Waals surface area contributed by atoms with Crippen LogP contribution in [0, 0.1) is 12.7 Å². The fourth-order valence-corrected chi connectivity index (χ4v) is 2.37. The SMILES string of the molecule is Cc1ccc(C(C)C)c(Oc2cccc(F)c2[C@@H](C)N)c1. The quantitative estimate of drug-likeness (QED) is 0.852. The summed E-state index contributed by atoms with van der Waals surface area (Å²) in [7, 11) is 0. The van der Waals surface area contributed by atoms with Crippen molar-refractivity contribution in [3.05, 3.63) is 58.9 Å². The third-order valence-corrected chi connectivity index (χ3v) is 3.48. The zero-order valence-corrected chi connectivity index (χ0v) is 13.0. The minimum absolute atomic E-state index is 0.327. The van der Waals surface area contributed by atoms with Gasteiger partial charge in [0.25, 0.3) is 0 Å². The van der Waals surface area contributed by atoms with Gasteiger partial charge in [-0.1, -0.05) is 32.0 Å². The van der Waals surface area contributed by atoms with Crippen molar-refractivity contribution in [3.8, 4) is 11.5 Å². The Morgan fingerprint density at radius 1 is 1.05 bits per heavy atom. The second-order valence-corrected chi connectivity index (χ2v) is 5.74. The Morgan fingerprint density at radius 2 is 1.76 bits per heavy atom. The molecule has 112 valence electrons. The third-order valence-electron chi connectivity index (χ3n) is 3.48. The number of benzene rings is 2. The van der Waals surface area contributed by atoms with E-state index in [2.05, 4.69) is 26.0 Å². The summed E-state index contributed by atoms with van der Waals surface area (Å²) in [6.07, 6.45) is 0. The zero-order chi connectivity index (χ0) is 15.6. The minimum atomic E-state index is -0.423. The first-order valence-electron chi connectivity index (χ1n) is 7.22. The second-order valence-electron chi connectivity index (χ2n) is 5.74. The first-order valence-corrected chi connectivity index (χ1v) is 7.22. The highest BCUT2D eigenvalue weighted by Gasteiger charge is 2.16. The molecule has 2 rings (SSSR count). The van der Waals surface area contributed by atoms with Crippen LogP contribution in [-0.4, -0.2) is 0 Å². The standard InChI is InChI=1S/C18H22FNO/c1-11(2)14-9-8-12(3)10-17(14)21-16-7-5-6-15(19)18(16)13(4)20/h5-11,13H,20H2,1-4H3/t13-/m1/s1. The Labute approximate surface area is 125 Å². The molecular formula is C18H22FNO. The van der Waals surface area contributed by atoms with Gasteiger partial charge in [-0.05, 0) is 49.1 Å². The molecule has 21 heavy (non-hydrogen) atoms. The summed E-state index contributed by atoms with van der Waals surface area (Å²) >= 11 is 0. The maximum atomic E-state index is 14.0. The van der Waals surface area contributed by atoms with Crippen LogP contribution >= 0.6 is 0 Å². The maximum Gasteiger partial charge on any atom is 0.135 e. The fourth-order valence-electron chi connectivity index (χ4n) is 2.37. The molecule has 2 aromatic rings. The summed E-state index contributed by atoms with van der Waals surface area (Å²) in [6, 6.07) is 10.5. The Hall–Kier alpha value is -1.87. The highest BCUT2D eigenvalue weighted by Crippen LogP contribution is 2.35. The molecule has 0 aliphatic carbocycles. The first kappa shape index (κ1) is 15.5. The van der Waals surface area contributed by atoms with E-state index >= 15 is 0 Å². The molecule has 0 aromatic heterocycles. The predicted molar refractivity (Wildman–Crippen MR) is 84.3 cm³/mol. The van der Waals surface area contributed by atoms with Gasteiger partial charge in [-0.25, -0.2) is 4.39 Å². The van der Waals surface area contributed by atoms with Gasteiger partial charge in [0, 0.05) is 11.6 Å². The summed E-state index contributed by atoms with van der Waals surface area (Å²) in [5.74, 6) is 1.24. The van der Waals surface area contributed by atoms with E-state index in [1.165, 1.54) is 6.07 Å². The predicted octanol–water partition coefficient (Wildman–Crippen LogP) is 5.07. The molecule has 0 saturated carbocycles. The molecule has 0 saturated heterocycles. The summed E-state index contributed by atoms with van der Waals surface area (Å²) in [4.78, 5) is 0. The molecule has 0 aliphatic heterocycles. The monoisotopic (exact) mass is 287 g/mol. The Morgan fingerprint density at radius 3 is 2.38 bits per heavy atom. The molecule has 1 atom stereocenters. The van der Waals surface area contributed by atoms with Crippen molar-refractivity contribution in [2.45, 2.75) is 39.7 Å². The van der Waals surface area contributed by atoms with Crippen LogP contribution in [0.2, 0.25) is 0 Å². The molecule has 0 bridgehead atoms. The summed E-state index contributed by atoms with van der Waals surface area (Å²) in [6.45, 7) is 7.98. The van der Waals surface area contributed by atoms with Crippen molar-refractivity contribution < 1.29 is 9.13 Å². The van der Waals surface area contributed by atoms with E-state index in [4.69, 9.17) is 10.5 Å². The van der Waals surface area contributed by atoms with Gasteiger partial charge < -0.3 is 10.5 Å². The van der Waals surface area contributed by atoms with Crippen LogP contribution in [-0.2, 0) is 0 Å². The first-order chi connectivity index (χ1) is 9.90. The van der Waals surface area contributed by atoms with Crippen molar-refractivity contribution in [1.29, 1.82) is 0 Å². The number of nitrogens with two attached hydrogens (primary N) is 1. The van der Waals surface area contributed by atoms with Crippen LogP contribution in [0.25, 0.3) is 0 Å². The molecule has 0 heterocycles. The normalized spacial score (nSPS) is 12.5. The van der Waals surface area contributed by atoms with Crippen molar-refractivity contribution in [3.63, 3.8) is 0 Å². The molecule has 3 heteroatoms. The number of ether oxygens (including phenoxy) is 1. The van der Waals surface area contributed by atoms with Gasteiger partial charge in [-0.3, -0.25) is 0 Å². The van der Waals surface area contributed by atoms with Crippen LogP contribution in [0.4, 0.5) is 4.39 Å². The fraction of sp³-hybridized carbons (Fsp3) is 0.333. The molecule has 2 nitrogen and oxygen atoms in total. The Bertz CT molecular complexity index is 635. The molecule has 0 spiro atoms. The number of rotatable bonds is 4. The van der Waals surface area contributed by atoms with Gasteiger partial charge in [0.1, 0.15) is 17.3 Å². The van der Waals surface area contributed by atoms with E-state index in [0.29, 0.717) is 17.2 Å². The van der Waals surface area contributed by atoms with Crippen LogP contribution < -0.4 is 10.5 Å². The highest BCUT2D eigenvalue weighted by molar-refractivity contribution is 5.45. The van der Waals surface area contributed by atoms with Crippen LogP contribution in [0.1, 0.15) is 49.4 Å². The van der Waals surface area contributed by atoms with Crippen LogP contribution in [0.15, 0.2) is 36.4 Å². The molecule has 0 unspecified atom stereocenters. The molecule has 0 amide bonds. The molecule has 2 aromatic carbocycles. The zero-order valence-electron chi connectivity index (χ0n) is 13.0. The topological polar surface area (TPSA) is 35.2 Å². The number of hydrogen-bond donors (Lipinski definition) is 1. The van der Waals surface area contributed by atoms with Crippen molar-refractivity contribution in [2.75, 3.05) is 0 Å². The Balaban J connectivity index is 2.48. The van der Waals surface area contributed by atoms with Crippen LogP contribution in [0.3, 0.4) is 0 Å². The average molecular weight is 287 g/mol. The molecule has 0 aliphatic rings. The van der Waals surface area contributed by atoms with Crippen molar-refractivity contribution in [1.82, 2.24) is 0 Å².